The molecule has 1 spiro atoms. The van der Waals surface area contributed by atoms with Crippen LogP contribution in [-0.2, 0) is 9.59 Å². The number of primary amides is 1. The highest BCUT2D eigenvalue weighted by molar-refractivity contribution is 5.98. The van der Waals surface area contributed by atoms with Crippen LogP contribution >= 0.6 is 0 Å². The maximum Gasteiger partial charge on any atom is 0.258 e. The fourth-order valence-corrected chi connectivity index (χ4v) is 5.88. The topological polar surface area (TPSA) is 102 Å². The Balaban J connectivity index is 1.31. The normalized spacial score (nSPS) is 33.7. The van der Waals surface area contributed by atoms with Crippen molar-refractivity contribution in [3.8, 4) is 5.75 Å². The number of ether oxygens (including phenoxy) is 1. The van der Waals surface area contributed by atoms with Gasteiger partial charge < -0.3 is 20.7 Å². The SMILES string of the molecule is NC(=O)C1CCN(C(=O)[C@H]2C[C@H]3CC[C@H]2C[C@@]32NC(=O)c3ccccc3O2)CC1. The van der Waals surface area contributed by atoms with E-state index < -0.39 is 5.72 Å². The summed E-state index contributed by atoms with van der Waals surface area (Å²) in [4.78, 5) is 39.2. The van der Waals surface area contributed by atoms with Crippen LogP contribution in [0.4, 0.5) is 0 Å². The van der Waals surface area contributed by atoms with Gasteiger partial charge in [0.15, 0.2) is 5.72 Å². The Bertz CT molecular complexity index is 863. The summed E-state index contributed by atoms with van der Waals surface area (Å²) in [6, 6.07) is 7.35. The van der Waals surface area contributed by atoms with Crippen LogP contribution in [0.25, 0.3) is 0 Å². The van der Waals surface area contributed by atoms with Crippen LogP contribution in [0.2, 0.25) is 0 Å². The van der Waals surface area contributed by atoms with E-state index in [0.717, 1.165) is 19.3 Å². The molecule has 3 amide bonds. The van der Waals surface area contributed by atoms with E-state index in [9.17, 15) is 14.4 Å². The first kappa shape index (κ1) is 18.5. The third kappa shape index (κ3) is 2.98. The van der Waals surface area contributed by atoms with Gasteiger partial charge >= 0.3 is 0 Å². The molecule has 1 aromatic rings. The van der Waals surface area contributed by atoms with Crippen molar-refractivity contribution < 1.29 is 19.1 Å². The number of para-hydroxylation sites is 1. The molecule has 0 radical (unpaired) electrons. The minimum atomic E-state index is -0.690. The molecular formula is C22H27N3O4. The van der Waals surface area contributed by atoms with Crippen molar-refractivity contribution in [2.24, 2.45) is 29.4 Å². The Morgan fingerprint density at radius 1 is 1.14 bits per heavy atom. The minimum Gasteiger partial charge on any atom is -0.467 e. The van der Waals surface area contributed by atoms with Gasteiger partial charge in [0.1, 0.15) is 5.75 Å². The van der Waals surface area contributed by atoms with Gasteiger partial charge in [-0.2, -0.15) is 0 Å². The summed E-state index contributed by atoms with van der Waals surface area (Å²) in [6.45, 7) is 1.21. The van der Waals surface area contributed by atoms with Gasteiger partial charge in [-0.25, -0.2) is 0 Å². The predicted octanol–water partition coefficient (Wildman–Crippen LogP) is 1.67. The van der Waals surface area contributed by atoms with Gasteiger partial charge in [-0.15, -0.1) is 0 Å². The Labute approximate surface area is 169 Å². The third-order valence-electron chi connectivity index (χ3n) is 7.49. The van der Waals surface area contributed by atoms with E-state index in [1.54, 1.807) is 6.07 Å². The maximum absolute atomic E-state index is 13.2. The molecule has 1 aromatic carbocycles. The van der Waals surface area contributed by atoms with Gasteiger partial charge in [-0.3, -0.25) is 14.4 Å². The molecule has 6 rings (SSSR count). The second-order valence-corrected chi connectivity index (χ2v) is 9.02. The monoisotopic (exact) mass is 397 g/mol. The van der Waals surface area contributed by atoms with Crippen LogP contribution in [0.5, 0.6) is 5.75 Å². The highest BCUT2D eigenvalue weighted by atomic mass is 16.5. The molecule has 3 aliphatic carbocycles. The molecule has 0 aromatic heterocycles. The van der Waals surface area contributed by atoms with Crippen LogP contribution in [-0.4, -0.2) is 41.4 Å². The lowest BCUT2D eigenvalue weighted by atomic mass is 9.59. The zero-order valence-corrected chi connectivity index (χ0v) is 16.4. The highest BCUT2D eigenvalue weighted by Crippen LogP contribution is 2.52. The zero-order valence-electron chi connectivity index (χ0n) is 16.4. The number of nitrogens with one attached hydrogen (secondary N) is 1. The number of hydrogen-bond donors (Lipinski definition) is 2. The Hall–Kier alpha value is -2.57. The number of carbonyl (C=O) groups excluding carboxylic acids is 3. The van der Waals surface area contributed by atoms with Crippen molar-refractivity contribution in [3.63, 3.8) is 0 Å². The molecule has 1 saturated heterocycles. The number of fused-ring (bicyclic) bond motifs is 3. The van der Waals surface area contributed by atoms with Crippen LogP contribution in [0.3, 0.4) is 0 Å². The van der Waals surface area contributed by atoms with Crippen molar-refractivity contribution in [2.75, 3.05) is 13.1 Å². The molecular weight excluding hydrogens is 370 g/mol. The van der Waals surface area contributed by atoms with Crippen molar-refractivity contribution in [3.05, 3.63) is 29.8 Å². The molecule has 7 nitrogen and oxygen atoms in total. The Morgan fingerprint density at radius 2 is 1.90 bits per heavy atom. The van der Waals surface area contributed by atoms with E-state index in [1.165, 1.54) is 0 Å². The molecule has 2 bridgehead atoms. The minimum absolute atomic E-state index is 0.0258. The second kappa shape index (κ2) is 6.75. The lowest BCUT2D eigenvalue weighted by Crippen LogP contribution is -2.67. The van der Waals surface area contributed by atoms with E-state index >= 15 is 0 Å². The van der Waals surface area contributed by atoms with Gasteiger partial charge in [-0.1, -0.05) is 12.1 Å². The molecule has 2 heterocycles. The summed E-state index contributed by atoms with van der Waals surface area (Å²) in [5, 5.41) is 3.14. The summed E-state index contributed by atoms with van der Waals surface area (Å²) >= 11 is 0. The van der Waals surface area contributed by atoms with Crippen LogP contribution in [0.1, 0.15) is 48.9 Å². The van der Waals surface area contributed by atoms with Crippen molar-refractivity contribution >= 4 is 17.7 Å². The van der Waals surface area contributed by atoms with Crippen molar-refractivity contribution in [1.29, 1.82) is 0 Å². The van der Waals surface area contributed by atoms with E-state index in [1.807, 2.05) is 23.1 Å². The van der Waals surface area contributed by atoms with Gasteiger partial charge in [0.05, 0.1) is 5.56 Å². The quantitative estimate of drug-likeness (QED) is 0.792. The average molecular weight is 397 g/mol. The molecule has 0 unspecified atom stereocenters. The first-order valence-corrected chi connectivity index (χ1v) is 10.7. The molecule has 5 aliphatic rings. The first-order valence-electron chi connectivity index (χ1n) is 10.7. The van der Waals surface area contributed by atoms with Gasteiger partial charge in [0, 0.05) is 37.3 Å². The summed E-state index contributed by atoms with van der Waals surface area (Å²) in [7, 11) is 0. The van der Waals surface area contributed by atoms with Crippen molar-refractivity contribution in [1.82, 2.24) is 10.2 Å². The third-order valence-corrected chi connectivity index (χ3v) is 7.49. The summed E-state index contributed by atoms with van der Waals surface area (Å²) < 4.78 is 6.37. The van der Waals surface area contributed by atoms with Crippen molar-refractivity contribution in [2.45, 2.75) is 44.2 Å². The fraction of sp³-hybridized carbons (Fsp3) is 0.591. The standard InChI is InChI=1S/C22H27N3O4/c23-19(26)13-7-9-25(10-8-13)21(28)17-11-15-6-5-14(17)12-22(15)24-20(27)16-3-1-2-4-18(16)29-22/h1-4,13-15,17H,5-12H2,(H2,23,26)(H,24,27)/t14-,15+,17-,22-/m0/s1. The number of amides is 3. The number of benzene rings is 1. The molecule has 154 valence electrons. The molecule has 3 saturated carbocycles. The van der Waals surface area contributed by atoms with E-state index in [4.69, 9.17) is 10.5 Å². The molecule has 29 heavy (non-hydrogen) atoms. The molecule has 2 aliphatic heterocycles. The van der Waals surface area contributed by atoms with Crippen LogP contribution in [0.15, 0.2) is 24.3 Å². The fourth-order valence-electron chi connectivity index (χ4n) is 5.88. The van der Waals surface area contributed by atoms with Gasteiger partial charge in [0.25, 0.3) is 5.91 Å². The van der Waals surface area contributed by atoms with Crippen LogP contribution < -0.4 is 15.8 Å². The smallest absolute Gasteiger partial charge is 0.258 e. The Morgan fingerprint density at radius 3 is 2.59 bits per heavy atom. The second-order valence-electron chi connectivity index (χ2n) is 9.02. The Kier molecular flexibility index (Phi) is 4.29. The van der Waals surface area contributed by atoms with Gasteiger partial charge in [0.2, 0.25) is 11.8 Å². The van der Waals surface area contributed by atoms with Gasteiger partial charge in [-0.05, 0) is 50.2 Å². The number of piperidine rings is 1. The zero-order chi connectivity index (χ0) is 20.2. The number of hydrogen-bond acceptors (Lipinski definition) is 4. The van der Waals surface area contributed by atoms with E-state index in [-0.39, 0.29) is 41.4 Å². The molecule has 4 atom stereocenters. The lowest BCUT2D eigenvalue weighted by molar-refractivity contribution is -0.157. The molecule has 7 heteroatoms. The molecule has 4 fully saturated rings. The lowest BCUT2D eigenvalue weighted by Gasteiger charge is -2.55. The summed E-state index contributed by atoms with van der Waals surface area (Å²) in [5.41, 5.74) is 5.30. The average Bonchev–Trinajstić information content (AvgIpc) is 2.73. The van der Waals surface area contributed by atoms with E-state index in [2.05, 4.69) is 5.32 Å². The summed E-state index contributed by atoms with van der Waals surface area (Å²) in [5.74, 6) is 0.671. The first-order chi connectivity index (χ1) is 14.0. The maximum atomic E-state index is 13.2. The van der Waals surface area contributed by atoms with Crippen LogP contribution in [0, 0.1) is 23.7 Å². The summed E-state index contributed by atoms with van der Waals surface area (Å²) in [6.07, 6.45) is 4.67. The highest BCUT2D eigenvalue weighted by Gasteiger charge is 2.57. The molecule has 3 N–H and O–H groups in total. The number of nitrogens with two attached hydrogens (primary N) is 1. The number of rotatable bonds is 2. The number of carbonyl (C=O) groups is 3. The number of nitrogens with zero attached hydrogens (tertiary/aromatic N) is 1. The largest absolute Gasteiger partial charge is 0.467 e. The predicted molar refractivity (Wildman–Crippen MR) is 105 cm³/mol. The number of likely N-dealkylation sites (tertiary alicyclic amines) is 1. The van der Waals surface area contributed by atoms with E-state index in [0.29, 0.717) is 43.7 Å².